The summed E-state index contributed by atoms with van der Waals surface area (Å²) in [5.41, 5.74) is 0. The fraction of sp³-hybridized carbons (Fsp3) is 1.00. The van der Waals surface area contributed by atoms with Gasteiger partial charge >= 0.3 is 0 Å². The summed E-state index contributed by atoms with van der Waals surface area (Å²) in [4.78, 5) is 0. The topological polar surface area (TPSA) is 0 Å². The minimum atomic E-state index is -1.16. The van der Waals surface area contributed by atoms with Crippen molar-refractivity contribution in [2.24, 2.45) is 17.8 Å². The molecule has 4 atom stereocenters. The van der Waals surface area contributed by atoms with Gasteiger partial charge in [0.05, 0.1) is 0 Å². The highest BCUT2D eigenvalue weighted by atomic mass is 35.6. The van der Waals surface area contributed by atoms with E-state index in [-0.39, 0.29) is 11.3 Å². The van der Waals surface area contributed by atoms with E-state index in [4.69, 9.17) is 46.4 Å². The van der Waals surface area contributed by atoms with E-state index in [1.807, 2.05) is 0 Å². The van der Waals surface area contributed by atoms with Crippen LogP contribution >= 0.6 is 46.4 Å². The van der Waals surface area contributed by atoms with Crippen LogP contribution in [0, 0.1) is 17.8 Å². The smallest absolute Gasteiger partial charge is 0.122 e. The summed E-state index contributed by atoms with van der Waals surface area (Å²) in [6, 6.07) is 0. The quantitative estimate of drug-likeness (QED) is 0.568. The summed E-state index contributed by atoms with van der Waals surface area (Å²) in [7, 11) is 0. The van der Waals surface area contributed by atoms with E-state index in [1.165, 1.54) is 12.8 Å². The maximum Gasteiger partial charge on any atom is 0.195 e. The zero-order valence-electron chi connectivity index (χ0n) is 6.44. The molecule has 2 aliphatic carbocycles. The van der Waals surface area contributed by atoms with Crippen molar-refractivity contribution in [1.29, 1.82) is 0 Å². The van der Waals surface area contributed by atoms with Gasteiger partial charge in [0, 0.05) is 11.3 Å². The van der Waals surface area contributed by atoms with Crippen molar-refractivity contribution in [3.8, 4) is 0 Å². The van der Waals surface area contributed by atoms with E-state index in [9.17, 15) is 0 Å². The van der Waals surface area contributed by atoms with Crippen LogP contribution < -0.4 is 0 Å². The van der Waals surface area contributed by atoms with Crippen LogP contribution in [0.1, 0.15) is 19.3 Å². The van der Waals surface area contributed by atoms with Crippen LogP contribution in [0.15, 0.2) is 0 Å². The van der Waals surface area contributed by atoms with Gasteiger partial charge in [-0.3, -0.25) is 0 Å². The summed E-state index contributed by atoms with van der Waals surface area (Å²) < 4.78 is -1.16. The minimum Gasteiger partial charge on any atom is -0.122 e. The van der Waals surface area contributed by atoms with Gasteiger partial charge < -0.3 is 0 Å². The SMILES string of the molecule is Cl[C@H]1[C@H]2CC[C@@H](C2)[C@H]1C(Cl)(Cl)Cl. The highest BCUT2D eigenvalue weighted by Crippen LogP contribution is 2.58. The van der Waals surface area contributed by atoms with Crippen LogP contribution in [-0.4, -0.2) is 9.17 Å². The molecule has 2 aliphatic rings. The highest BCUT2D eigenvalue weighted by molar-refractivity contribution is 6.68. The van der Waals surface area contributed by atoms with Crippen LogP contribution in [0.3, 0.4) is 0 Å². The van der Waals surface area contributed by atoms with Gasteiger partial charge in [-0.15, -0.1) is 11.6 Å². The number of alkyl halides is 4. The Kier molecular flexibility index (Phi) is 2.49. The van der Waals surface area contributed by atoms with E-state index >= 15 is 0 Å². The van der Waals surface area contributed by atoms with Gasteiger partial charge in [0.1, 0.15) is 0 Å². The number of fused-ring (bicyclic) bond motifs is 2. The summed E-state index contributed by atoms with van der Waals surface area (Å²) >= 11 is 23.8. The van der Waals surface area contributed by atoms with Crippen molar-refractivity contribution in [1.82, 2.24) is 0 Å². The molecule has 0 aromatic carbocycles. The fourth-order valence-corrected chi connectivity index (χ4v) is 4.43. The molecule has 0 nitrogen and oxygen atoms in total. The Morgan fingerprint density at radius 3 is 1.92 bits per heavy atom. The lowest BCUT2D eigenvalue weighted by molar-refractivity contribution is 0.344. The average molecular weight is 248 g/mol. The van der Waals surface area contributed by atoms with Gasteiger partial charge in [0.15, 0.2) is 3.79 Å². The molecule has 0 radical (unpaired) electrons. The van der Waals surface area contributed by atoms with Crippen molar-refractivity contribution in [2.45, 2.75) is 28.4 Å². The Morgan fingerprint density at radius 2 is 1.58 bits per heavy atom. The minimum absolute atomic E-state index is 0.0721. The molecule has 2 saturated carbocycles. The average Bonchev–Trinajstić information content (AvgIpc) is 2.42. The van der Waals surface area contributed by atoms with Crippen molar-refractivity contribution in [2.75, 3.05) is 0 Å². The van der Waals surface area contributed by atoms with Crippen LogP contribution in [0.25, 0.3) is 0 Å². The second kappa shape index (κ2) is 3.08. The third-order valence-electron chi connectivity index (χ3n) is 3.19. The molecule has 0 heterocycles. The highest BCUT2D eigenvalue weighted by Gasteiger charge is 2.54. The van der Waals surface area contributed by atoms with E-state index in [0.29, 0.717) is 11.8 Å². The predicted octanol–water partition coefficient (Wildman–Crippen LogP) is 4.01. The number of hydrogen-bond acceptors (Lipinski definition) is 0. The fourth-order valence-electron chi connectivity index (χ4n) is 2.67. The largest absolute Gasteiger partial charge is 0.195 e. The molecule has 4 heteroatoms. The maximum atomic E-state index is 6.21. The van der Waals surface area contributed by atoms with Crippen LogP contribution in [0.4, 0.5) is 0 Å². The Morgan fingerprint density at radius 1 is 1.00 bits per heavy atom. The summed E-state index contributed by atoms with van der Waals surface area (Å²) in [5.74, 6) is 1.21. The third-order valence-corrected chi connectivity index (χ3v) is 4.58. The molecule has 2 fully saturated rings. The van der Waals surface area contributed by atoms with E-state index in [0.717, 1.165) is 6.42 Å². The molecule has 0 saturated heterocycles. The molecule has 0 aromatic rings. The van der Waals surface area contributed by atoms with Crippen molar-refractivity contribution in [3.63, 3.8) is 0 Å². The first kappa shape index (κ1) is 9.71. The molecule has 2 bridgehead atoms. The molecule has 0 aliphatic heterocycles. The zero-order chi connectivity index (χ0) is 8.93. The third kappa shape index (κ3) is 1.45. The molecule has 0 N–H and O–H groups in total. The number of halogens is 4. The predicted molar refractivity (Wildman–Crippen MR) is 54.3 cm³/mol. The first-order valence-electron chi connectivity index (χ1n) is 4.21. The molecule has 12 heavy (non-hydrogen) atoms. The monoisotopic (exact) mass is 246 g/mol. The first-order chi connectivity index (χ1) is 5.50. The van der Waals surface area contributed by atoms with Gasteiger partial charge in [-0.25, -0.2) is 0 Å². The Bertz CT molecular complexity index is 184. The molecule has 0 amide bonds. The standard InChI is InChI=1S/C8H10Cl4/c9-7-5-2-1-4(3-5)6(7)8(10,11)12/h4-7H,1-3H2/t4-,5-,6+,7-/m0/s1. The van der Waals surface area contributed by atoms with Gasteiger partial charge in [-0.2, -0.15) is 0 Å². The maximum absolute atomic E-state index is 6.21. The normalized spacial score (nSPS) is 47.0. The van der Waals surface area contributed by atoms with E-state index in [1.54, 1.807) is 0 Å². The molecule has 0 unspecified atom stereocenters. The molecule has 2 rings (SSSR count). The first-order valence-corrected chi connectivity index (χ1v) is 5.78. The summed E-state index contributed by atoms with van der Waals surface area (Å²) in [6.45, 7) is 0. The van der Waals surface area contributed by atoms with E-state index < -0.39 is 3.79 Å². The molecule has 0 aromatic heterocycles. The Balaban J connectivity index is 2.17. The van der Waals surface area contributed by atoms with Gasteiger partial charge in [-0.1, -0.05) is 34.8 Å². The van der Waals surface area contributed by atoms with Crippen molar-refractivity contribution >= 4 is 46.4 Å². The second-order valence-corrected chi connectivity index (χ2v) is 6.72. The Hall–Kier alpha value is 1.16. The van der Waals surface area contributed by atoms with Crippen LogP contribution in [0.5, 0.6) is 0 Å². The molecular formula is C8H10Cl4. The van der Waals surface area contributed by atoms with Gasteiger partial charge in [0.25, 0.3) is 0 Å². The lowest BCUT2D eigenvalue weighted by Gasteiger charge is -2.31. The van der Waals surface area contributed by atoms with Crippen molar-refractivity contribution < 1.29 is 0 Å². The number of rotatable bonds is 0. The number of hydrogen-bond donors (Lipinski definition) is 0. The van der Waals surface area contributed by atoms with Crippen LogP contribution in [-0.2, 0) is 0 Å². The Labute approximate surface area is 92.5 Å². The van der Waals surface area contributed by atoms with Crippen molar-refractivity contribution in [3.05, 3.63) is 0 Å². The van der Waals surface area contributed by atoms with Gasteiger partial charge in [-0.05, 0) is 31.1 Å². The molecule has 70 valence electrons. The molecule has 0 spiro atoms. The molecular weight excluding hydrogens is 238 g/mol. The zero-order valence-corrected chi connectivity index (χ0v) is 9.47. The second-order valence-electron chi connectivity index (χ2n) is 3.85. The summed E-state index contributed by atoms with van der Waals surface area (Å²) in [5, 5.41) is 0.0799. The van der Waals surface area contributed by atoms with Crippen LogP contribution in [0.2, 0.25) is 0 Å². The lowest BCUT2D eigenvalue weighted by Crippen LogP contribution is -2.33. The summed E-state index contributed by atoms with van der Waals surface area (Å²) in [6.07, 6.45) is 3.56. The lowest BCUT2D eigenvalue weighted by atomic mass is 9.89. The van der Waals surface area contributed by atoms with E-state index in [2.05, 4.69) is 0 Å². The van der Waals surface area contributed by atoms with Gasteiger partial charge in [0.2, 0.25) is 0 Å².